The van der Waals surface area contributed by atoms with E-state index in [0.717, 1.165) is 34.8 Å². The summed E-state index contributed by atoms with van der Waals surface area (Å²) in [6, 6.07) is 15.3. The summed E-state index contributed by atoms with van der Waals surface area (Å²) < 4.78 is 7.95. The summed E-state index contributed by atoms with van der Waals surface area (Å²) >= 11 is 0. The zero-order valence-electron chi connectivity index (χ0n) is 19.2. The summed E-state index contributed by atoms with van der Waals surface area (Å²) in [5.41, 5.74) is 4.90. The van der Waals surface area contributed by atoms with E-state index >= 15 is 0 Å². The van der Waals surface area contributed by atoms with Gasteiger partial charge in [-0.15, -0.1) is 0 Å². The molecule has 1 fully saturated rings. The average Bonchev–Trinajstić information content (AvgIpc) is 3.03. The maximum absolute atomic E-state index is 5.53. The molecule has 0 saturated heterocycles. The largest absolute Gasteiger partial charge is 0.497 e. The number of fused-ring (bicyclic) bond motifs is 1. The van der Waals surface area contributed by atoms with Crippen LogP contribution in [-0.4, -0.2) is 16.7 Å². The second-order valence-corrected chi connectivity index (χ2v) is 10.1. The molecule has 0 aliphatic heterocycles. The quantitative estimate of drug-likeness (QED) is 0.484. The summed E-state index contributed by atoms with van der Waals surface area (Å²) in [6.45, 7) is 11.6. The second kappa shape index (κ2) is 7.98. The van der Waals surface area contributed by atoms with Crippen molar-refractivity contribution < 1.29 is 4.74 Å². The first-order valence-electron chi connectivity index (χ1n) is 11.2. The van der Waals surface area contributed by atoms with E-state index in [1.807, 2.05) is 6.07 Å². The number of benzene rings is 2. The maximum Gasteiger partial charge on any atom is 0.208 e. The van der Waals surface area contributed by atoms with Crippen molar-refractivity contribution in [3.63, 3.8) is 0 Å². The number of ether oxygens (including phenoxy) is 1. The normalized spacial score (nSPS) is 21.2. The van der Waals surface area contributed by atoms with Crippen LogP contribution >= 0.6 is 0 Å². The second-order valence-electron chi connectivity index (χ2n) is 10.1. The lowest BCUT2D eigenvalue weighted by Gasteiger charge is -2.40. The number of nitrogens with one attached hydrogen (secondary N) is 1. The molecule has 160 valence electrons. The van der Waals surface area contributed by atoms with Crippen molar-refractivity contribution in [3.05, 3.63) is 48.0 Å². The maximum atomic E-state index is 5.53. The lowest BCUT2D eigenvalue weighted by Crippen LogP contribution is -2.29. The van der Waals surface area contributed by atoms with Gasteiger partial charge in [-0.2, -0.15) is 0 Å². The molecular weight excluding hydrogens is 370 g/mol. The van der Waals surface area contributed by atoms with Crippen LogP contribution < -0.4 is 10.1 Å². The van der Waals surface area contributed by atoms with Crippen molar-refractivity contribution in [1.82, 2.24) is 9.55 Å². The minimum atomic E-state index is 0.327. The average molecular weight is 406 g/mol. The Morgan fingerprint density at radius 2 is 1.83 bits per heavy atom. The molecular formula is C26H35N3O. The highest BCUT2D eigenvalue weighted by Gasteiger charge is 2.34. The highest BCUT2D eigenvalue weighted by Crippen LogP contribution is 2.46. The van der Waals surface area contributed by atoms with E-state index in [0.29, 0.717) is 23.3 Å². The number of nitrogens with zero attached hydrogens (tertiary/aromatic N) is 2. The molecule has 4 nitrogen and oxygen atoms in total. The first-order chi connectivity index (χ1) is 14.3. The van der Waals surface area contributed by atoms with Crippen molar-refractivity contribution in [2.45, 2.75) is 65.8 Å². The van der Waals surface area contributed by atoms with Crippen LogP contribution in [0.4, 0.5) is 11.6 Å². The number of anilines is 2. The molecule has 1 aromatic heterocycles. The van der Waals surface area contributed by atoms with Gasteiger partial charge < -0.3 is 14.6 Å². The molecule has 3 aromatic rings. The van der Waals surface area contributed by atoms with E-state index in [1.165, 1.54) is 18.4 Å². The van der Waals surface area contributed by atoms with E-state index in [2.05, 4.69) is 80.9 Å². The Morgan fingerprint density at radius 1 is 1.10 bits per heavy atom. The predicted molar refractivity (Wildman–Crippen MR) is 126 cm³/mol. The molecule has 0 radical (unpaired) electrons. The van der Waals surface area contributed by atoms with E-state index in [1.54, 1.807) is 7.11 Å². The fourth-order valence-corrected chi connectivity index (χ4v) is 5.23. The van der Waals surface area contributed by atoms with Crippen molar-refractivity contribution in [2.24, 2.45) is 11.3 Å². The minimum Gasteiger partial charge on any atom is -0.497 e. The van der Waals surface area contributed by atoms with Crippen LogP contribution in [0.15, 0.2) is 42.5 Å². The molecule has 0 amide bonds. The molecule has 1 heterocycles. The van der Waals surface area contributed by atoms with Crippen LogP contribution in [-0.2, 0) is 0 Å². The first-order valence-corrected chi connectivity index (χ1v) is 11.2. The van der Waals surface area contributed by atoms with Gasteiger partial charge in [-0.1, -0.05) is 46.8 Å². The van der Waals surface area contributed by atoms with Crippen molar-refractivity contribution in [2.75, 3.05) is 12.4 Å². The van der Waals surface area contributed by atoms with Gasteiger partial charge in [0.1, 0.15) is 5.75 Å². The molecule has 30 heavy (non-hydrogen) atoms. The topological polar surface area (TPSA) is 39.1 Å². The lowest BCUT2D eigenvalue weighted by molar-refractivity contribution is 0.140. The van der Waals surface area contributed by atoms with Crippen molar-refractivity contribution >= 4 is 22.7 Å². The molecule has 0 bridgehead atoms. The number of hydrogen-bond acceptors (Lipinski definition) is 3. The molecule has 0 spiro atoms. The van der Waals surface area contributed by atoms with Gasteiger partial charge in [0, 0.05) is 17.8 Å². The van der Waals surface area contributed by atoms with Crippen LogP contribution in [0.25, 0.3) is 11.0 Å². The molecule has 1 saturated carbocycles. The zero-order valence-corrected chi connectivity index (χ0v) is 19.2. The third-order valence-corrected chi connectivity index (χ3v) is 6.46. The Balaban J connectivity index is 1.77. The van der Waals surface area contributed by atoms with Gasteiger partial charge >= 0.3 is 0 Å². The highest BCUT2D eigenvalue weighted by molar-refractivity contribution is 5.81. The molecule has 1 aliphatic carbocycles. The van der Waals surface area contributed by atoms with Gasteiger partial charge in [0.25, 0.3) is 0 Å². The minimum absolute atomic E-state index is 0.327. The van der Waals surface area contributed by atoms with Crippen molar-refractivity contribution in [3.8, 4) is 5.75 Å². The Morgan fingerprint density at radius 3 is 2.47 bits per heavy atom. The molecule has 4 rings (SSSR count). The van der Waals surface area contributed by atoms with Crippen LogP contribution in [0.5, 0.6) is 5.75 Å². The van der Waals surface area contributed by atoms with Gasteiger partial charge in [-0.3, -0.25) is 0 Å². The van der Waals surface area contributed by atoms with Gasteiger partial charge in [-0.25, -0.2) is 4.98 Å². The van der Waals surface area contributed by atoms with Crippen LogP contribution in [0.3, 0.4) is 0 Å². The Kier molecular flexibility index (Phi) is 5.52. The van der Waals surface area contributed by atoms with Gasteiger partial charge in [-0.05, 0) is 66.3 Å². The summed E-state index contributed by atoms with van der Waals surface area (Å²) in [5, 5.41) is 3.62. The number of rotatable bonds is 5. The molecule has 0 unspecified atom stereocenters. The molecule has 1 N–H and O–H groups in total. The number of aromatic nitrogens is 2. The lowest BCUT2D eigenvalue weighted by atomic mass is 9.70. The molecule has 2 aromatic carbocycles. The molecule has 2 atom stereocenters. The Labute approximate surface area is 180 Å². The van der Waals surface area contributed by atoms with E-state index < -0.39 is 0 Å². The Hall–Kier alpha value is -2.49. The van der Waals surface area contributed by atoms with E-state index in [4.69, 9.17) is 9.72 Å². The predicted octanol–water partition coefficient (Wildman–Crippen LogP) is 7.30. The number of imidazole rings is 1. The first kappa shape index (κ1) is 20.8. The number of hydrogen-bond donors (Lipinski definition) is 1. The smallest absolute Gasteiger partial charge is 0.208 e. The fourth-order valence-electron chi connectivity index (χ4n) is 5.23. The summed E-state index contributed by atoms with van der Waals surface area (Å²) in [4.78, 5) is 4.99. The summed E-state index contributed by atoms with van der Waals surface area (Å²) in [7, 11) is 1.73. The van der Waals surface area contributed by atoms with Crippen LogP contribution in [0.2, 0.25) is 0 Å². The fraction of sp³-hybridized carbons (Fsp3) is 0.500. The van der Waals surface area contributed by atoms with Crippen LogP contribution in [0, 0.1) is 11.3 Å². The summed E-state index contributed by atoms with van der Waals surface area (Å²) in [6.07, 6.45) is 3.60. The molecule has 1 aliphatic rings. The zero-order chi connectivity index (χ0) is 21.5. The standard InChI is InChI=1S/C26H35N3O/c1-17(2)19-7-9-20(10-8-19)27-25-28-23-12-11-22(30-6)14-24(23)29(25)21-13-18(3)15-26(4,5)16-21/h7-12,14,17-18,21H,13,15-16H2,1-6H3,(H,27,28)/t18-,21+/m1/s1. The molecule has 4 heteroatoms. The summed E-state index contributed by atoms with van der Waals surface area (Å²) in [5.74, 6) is 3.02. The van der Waals surface area contributed by atoms with Gasteiger partial charge in [0.2, 0.25) is 5.95 Å². The Bertz CT molecular complexity index is 1020. The van der Waals surface area contributed by atoms with Crippen molar-refractivity contribution in [1.29, 1.82) is 0 Å². The van der Waals surface area contributed by atoms with E-state index in [9.17, 15) is 0 Å². The van der Waals surface area contributed by atoms with E-state index in [-0.39, 0.29) is 0 Å². The third kappa shape index (κ3) is 4.19. The van der Waals surface area contributed by atoms with Gasteiger partial charge in [0.05, 0.1) is 18.1 Å². The van der Waals surface area contributed by atoms with Gasteiger partial charge in [0.15, 0.2) is 0 Å². The third-order valence-electron chi connectivity index (χ3n) is 6.46. The SMILES string of the molecule is COc1ccc2nc(Nc3ccc(C(C)C)cc3)n([C@H]3C[C@@H](C)CC(C)(C)C3)c2c1. The number of methoxy groups -OCH3 is 1. The van der Waals surface area contributed by atoms with Crippen LogP contribution in [0.1, 0.15) is 71.4 Å². The monoisotopic (exact) mass is 405 g/mol. The highest BCUT2D eigenvalue weighted by atomic mass is 16.5.